The van der Waals surface area contributed by atoms with Crippen molar-refractivity contribution in [1.29, 1.82) is 0 Å². The maximum absolute atomic E-state index is 11.0. The summed E-state index contributed by atoms with van der Waals surface area (Å²) in [6.45, 7) is 1.87. The first-order chi connectivity index (χ1) is 10.2. The number of carbonyl (C=O) groups excluding carboxylic acids is 1. The van der Waals surface area contributed by atoms with E-state index in [1.54, 1.807) is 0 Å². The Morgan fingerprint density at radius 2 is 1.86 bits per heavy atom. The Bertz CT molecular complexity index is 598. The van der Waals surface area contributed by atoms with Crippen molar-refractivity contribution in [3.8, 4) is 11.5 Å². The fourth-order valence-corrected chi connectivity index (χ4v) is 3.54. The largest absolute Gasteiger partial charge is 0.465 e. The molecule has 0 amide bonds. The lowest BCUT2D eigenvalue weighted by Crippen LogP contribution is -2.29. The van der Waals surface area contributed by atoms with Crippen molar-refractivity contribution in [2.75, 3.05) is 20.0 Å². The average molecular weight is 292 g/mol. The Kier molecular flexibility index (Phi) is 2.83. The maximum Gasteiger partial charge on any atom is 0.302 e. The van der Waals surface area contributed by atoms with E-state index in [9.17, 15) is 9.90 Å². The van der Waals surface area contributed by atoms with Gasteiger partial charge in [0, 0.05) is 25.4 Å². The molecular formula is C15H16O6. The molecule has 1 fully saturated rings. The minimum absolute atomic E-state index is 0.000972. The first kappa shape index (κ1) is 12.9. The summed E-state index contributed by atoms with van der Waals surface area (Å²) < 4.78 is 21.9. The molecule has 0 saturated carbocycles. The van der Waals surface area contributed by atoms with Crippen molar-refractivity contribution in [1.82, 2.24) is 0 Å². The topological polar surface area (TPSA) is 74.2 Å². The summed E-state index contributed by atoms with van der Waals surface area (Å²) in [7, 11) is 0. The van der Waals surface area contributed by atoms with E-state index >= 15 is 0 Å². The molecule has 112 valence electrons. The van der Waals surface area contributed by atoms with Crippen LogP contribution in [0.1, 0.15) is 30.3 Å². The van der Waals surface area contributed by atoms with Gasteiger partial charge in [0.2, 0.25) is 6.79 Å². The zero-order chi connectivity index (χ0) is 14.6. The lowest BCUT2D eigenvalue weighted by Gasteiger charge is -2.27. The molecule has 1 aromatic rings. The van der Waals surface area contributed by atoms with Crippen LogP contribution in [0.25, 0.3) is 0 Å². The Hall–Kier alpha value is -1.79. The van der Waals surface area contributed by atoms with Crippen LogP contribution in [0.3, 0.4) is 0 Å². The highest BCUT2D eigenvalue weighted by atomic mass is 16.7. The number of hydrogen-bond donors (Lipinski definition) is 1. The van der Waals surface area contributed by atoms with E-state index in [2.05, 4.69) is 0 Å². The zero-order valence-electron chi connectivity index (χ0n) is 11.6. The van der Waals surface area contributed by atoms with Gasteiger partial charge in [-0.15, -0.1) is 0 Å². The SMILES string of the molecule is CC(=O)OC[C@@H]1[C@H](CO)[C@H]2O[C@@H]1c1cc3c(cc12)OCO3. The van der Waals surface area contributed by atoms with Crippen molar-refractivity contribution in [2.45, 2.75) is 19.1 Å². The lowest BCUT2D eigenvalue weighted by molar-refractivity contribution is -0.143. The van der Waals surface area contributed by atoms with Crippen LogP contribution in [0, 0.1) is 11.8 Å². The molecule has 21 heavy (non-hydrogen) atoms. The highest BCUT2D eigenvalue weighted by Gasteiger charge is 2.53. The van der Waals surface area contributed by atoms with Crippen LogP contribution in [0.15, 0.2) is 12.1 Å². The summed E-state index contributed by atoms with van der Waals surface area (Å²) in [5.74, 6) is 1.02. The summed E-state index contributed by atoms with van der Waals surface area (Å²) in [4.78, 5) is 11.0. The van der Waals surface area contributed by atoms with Gasteiger partial charge in [-0.3, -0.25) is 4.79 Å². The van der Waals surface area contributed by atoms with Crippen LogP contribution in [0.4, 0.5) is 0 Å². The normalized spacial score (nSPS) is 31.3. The van der Waals surface area contributed by atoms with Gasteiger partial charge in [-0.2, -0.15) is 0 Å². The number of esters is 1. The minimum Gasteiger partial charge on any atom is -0.465 e. The summed E-state index contributed by atoms with van der Waals surface area (Å²) >= 11 is 0. The van der Waals surface area contributed by atoms with E-state index in [1.807, 2.05) is 12.1 Å². The zero-order valence-corrected chi connectivity index (χ0v) is 11.6. The highest BCUT2D eigenvalue weighted by molar-refractivity contribution is 5.66. The van der Waals surface area contributed by atoms with Gasteiger partial charge in [-0.25, -0.2) is 0 Å². The van der Waals surface area contributed by atoms with E-state index in [0.717, 1.165) is 22.6 Å². The van der Waals surface area contributed by atoms with Crippen LogP contribution in [0.2, 0.25) is 0 Å². The Morgan fingerprint density at radius 1 is 1.24 bits per heavy atom. The fourth-order valence-electron chi connectivity index (χ4n) is 3.54. The molecule has 3 aliphatic heterocycles. The molecule has 4 atom stereocenters. The Labute approximate surface area is 121 Å². The van der Waals surface area contributed by atoms with Crippen molar-refractivity contribution in [2.24, 2.45) is 11.8 Å². The highest BCUT2D eigenvalue weighted by Crippen LogP contribution is 2.59. The number of ether oxygens (including phenoxy) is 4. The molecule has 0 aromatic heterocycles. The van der Waals surface area contributed by atoms with E-state index in [4.69, 9.17) is 18.9 Å². The molecule has 0 spiro atoms. The monoisotopic (exact) mass is 292 g/mol. The first-order valence-electron chi connectivity index (χ1n) is 7.02. The third-order valence-electron chi connectivity index (χ3n) is 4.50. The molecule has 0 aliphatic carbocycles. The van der Waals surface area contributed by atoms with Gasteiger partial charge in [0.15, 0.2) is 11.5 Å². The Morgan fingerprint density at radius 3 is 2.43 bits per heavy atom. The second-order valence-electron chi connectivity index (χ2n) is 5.62. The van der Waals surface area contributed by atoms with E-state index in [0.29, 0.717) is 0 Å². The minimum atomic E-state index is -0.319. The van der Waals surface area contributed by atoms with Gasteiger partial charge < -0.3 is 24.1 Å². The number of benzene rings is 1. The van der Waals surface area contributed by atoms with Crippen LogP contribution in [-0.2, 0) is 14.3 Å². The third-order valence-corrected chi connectivity index (χ3v) is 4.50. The molecule has 6 nitrogen and oxygen atoms in total. The summed E-state index contributed by atoms with van der Waals surface area (Å²) in [6.07, 6.45) is -0.346. The van der Waals surface area contributed by atoms with Crippen molar-refractivity contribution in [3.05, 3.63) is 23.3 Å². The molecule has 4 rings (SSSR count). The van der Waals surface area contributed by atoms with E-state index in [1.165, 1.54) is 6.92 Å². The molecule has 3 aliphatic rings. The molecule has 0 unspecified atom stereocenters. The molecule has 1 aromatic carbocycles. The van der Waals surface area contributed by atoms with Crippen LogP contribution in [0.5, 0.6) is 11.5 Å². The first-order valence-corrected chi connectivity index (χ1v) is 7.02. The quantitative estimate of drug-likeness (QED) is 0.847. The van der Waals surface area contributed by atoms with Gasteiger partial charge in [0.05, 0.1) is 18.8 Å². The number of fused-ring (bicyclic) bond motifs is 6. The molecular weight excluding hydrogens is 276 g/mol. The summed E-state index contributed by atoms with van der Waals surface area (Å²) in [5, 5.41) is 9.67. The fraction of sp³-hybridized carbons (Fsp3) is 0.533. The molecule has 0 radical (unpaired) electrons. The van der Waals surface area contributed by atoms with Gasteiger partial charge >= 0.3 is 5.97 Å². The second-order valence-corrected chi connectivity index (χ2v) is 5.62. The van der Waals surface area contributed by atoms with Crippen molar-refractivity contribution in [3.63, 3.8) is 0 Å². The summed E-state index contributed by atoms with van der Waals surface area (Å²) in [6, 6.07) is 3.88. The molecule has 1 N–H and O–H groups in total. The van der Waals surface area contributed by atoms with Crippen LogP contribution in [-0.4, -0.2) is 31.1 Å². The Balaban J connectivity index is 1.68. The number of aliphatic hydroxyl groups is 1. The van der Waals surface area contributed by atoms with Gasteiger partial charge in [0.25, 0.3) is 0 Å². The number of aliphatic hydroxyl groups excluding tert-OH is 1. The smallest absolute Gasteiger partial charge is 0.302 e. The molecule has 1 saturated heterocycles. The number of carbonyl (C=O) groups is 1. The van der Waals surface area contributed by atoms with Crippen LogP contribution >= 0.6 is 0 Å². The number of rotatable bonds is 3. The third kappa shape index (κ3) is 1.82. The van der Waals surface area contributed by atoms with Gasteiger partial charge in [-0.05, 0) is 23.3 Å². The standard InChI is InChI=1S/C15H16O6/c1-7(17)18-5-11-10(4-16)14-8-2-12-13(20-6-19-12)3-9(8)15(11)21-14/h2-3,10-11,14-16H,4-6H2,1H3/t10-,11+,14-,15+/m0/s1. The molecule has 2 bridgehead atoms. The van der Waals surface area contributed by atoms with Crippen molar-refractivity contribution < 1.29 is 28.8 Å². The van der Waals surface area contributed by atoms with E-state index < -0.39 is 0 Å². The maximum atomic E-state index is 11.0. The predicted octanol–water partition coefficient (Wildman–Crippen LogP) is 1.33. The van der Waals surface area contributed by atoms with Crippen molar-refractivity contribution >= 4 is 5.97 Å². The number of hydrogen-bond acceptors (Lipinski definition) is 6. The predicted molar refractivity (Wildman–Crippen MR) is 69.8 cm³/mol. The van der Waals surface area contributed by atoms with Crippen LogP contribution < -0.4 is 9.47 Å². The molecule has 3 heterocycles. The van der Waals surface area contributed by atoms with Gasteiger partial charge in [0.1, 0.15) is 0 Å². The van der Waals surface area contributed by atoms with Gasteiger partial charge in [-0.1, -0.05) is 0 Å². The summed E-state index contributed by atoms with van der Waals surface area (Å²) in [5.41, 5.74) is 2.09. The van der Waals surface area contributed by atoms with E-state index in [-0.39, 0.29) is 50.0 Å². The molecule has 6 heteroatoms. The lowest BCUT2D eigenvalue weighted by atomic mass is 9.76. The second kappa shape index (κ2) is 4.61. The average Bonchev–Trinajstić information content (AvgIpc) is 3.14.